The Labute approximate surface area is 110 Å². The molecule has 0 amide bonds. The van der Waals surface area contributed by atoms with Gasteiger partial charge in [-0.3, -0.25) is 0 Å². The number of benzene rings is 1. The maximum Gasteiger partial charge on any atom is 0.121 e. The Kier molecular flexibility index (Phi) is 4.88. The third-order valence-electron chi connectivity index (χ3n) is 3.59. The van der Waals surface area contributed by atoms with Crippen molar-refractivity contribution < 1.29 is 4.74 Å². The first kappa shape index (κ1) is 13.2. The minimum atomic E-state index is 0.669. The van der Waals surface area contributed by atoms with Crippen LogP contribution in [0.25, 0.3) is 0 Å². The van der Waals surface area contributed by atoms with Crippen LogP contribution in [0.2, 0.25) is 0 Å². The molecule has 1 aliphatic rings. The lowest BCUT2D eigenvalue weighted by atomic mass is 10.1. The summed E-state index contributed by atoms with van der Waals surface area (Å²) in [4.78, 5) is 2.34. The first-order chi connectivity index (χ1) is 8.83. The maximum absolute atomic E-state index is 5.90. The number of hydrogen-bond acceptors (Lipinski definition) is 3. The zero-order valence-electron chi connectivity index (χ0n) is 11.5. The van der Waals surface area contributed by atoms with Gasteiger partial charge in [-0.2, -0.15) is 0 Å². The number of anilines is 1. The van der Waals surface area contributed by atoms with E-state index in [1.165, 1.54) is 12.1 Å². The molecule has 0 aliphatic carbocycles. The summed E-state index contributed by atoms with van der Waals surface area (Å²) >= 11 is 0. The van der Waals surface area contributed by atoms with Crippen LogP contribution < -0.4 is 15.0 Å². The SMILES string of the molecule is CCN(CC)c1cccc(OC[C@@H]2CCNC2)c1. The van der Waals surface area contributed by atoms with Crippen molar-refractivity contribution in [3.8, 4) is 5.75 Å². The van der Waals surface area contributed by atoms with Gasteiger partial charge in [0.15, 0.2) is 0 Å². The van der Waals surface area contributed by atoms with E-state index in [0.29, 0.717) is 5.92 Å². The first-order valence-corrected chi connectivity index (χ1v) is 7.02. The van der Waals surface area contributed by atoms with E-state index in [1.54, 1.807) is 0 Å². The zero-order chi connectivity index (χ0) is 12.8. The summed E-state index contributed by atoms with van der Waals surface area (Å²) in [7, 11) is 0. The molecule has 1 aromatic carbocycles. The van der Waals surface area contributed by atoms with E-state index in [2.05, 4.69) is 48.3 Å². The van der Waals surface area contributed by atoms with Crippen molar-refractivity contribution in [3.63, 3.8) is 0 Å². The number of rotatable bonds is 6. The predicted octanol–water partition coefficient (Wildman–Crippen LogP) is 2.52. The summed E-state index contributed by atoms with van der Waals surface area (Å²) in [6, 6.07) is 8.43. The Morgan fingerprint density at radius 1 is 1.33 bits per heavy atom. The molecule has 1 fully saturated rings. The standard InChI is InChI=1S/C15H24N2O/c1-3-17(4-2)14-6-5-7-15(10-14)18-12-13-8-9-16-11-13/h5-7,10,13,16H,3-4,8-9,11-12H2,1-2H3/t13-/m1/s1. The third kappa shape index (κ3) is 3.39. The highest BCUT2D eigenvalue weighted by Gasteiger charge is 2.15. The Morgan fingerprint density at radius 3 is 2.83 bits per heavy atom. The molecule has 1 saturated heterocycles. The van der Waals surface area contributed by atoms with Gasteiger partial charge >= 0.3 is 0 Å². The second-order valence-electron chi connectivity index (χ2n) is 4.84. The van der Waals surface area contributed by atoms with Gasteiger partial charge in [0.1, 0.15) is 5.75 Å². The molecule has 100 valence electrons. The van der Waals surface area contributed by atoms with Crippen LogP contribution >= 0.6 is 0 Å². The van der Waals surface area contributed by atoms with Gasteiger partial charge in [-0.25, -0.2) is 0 Å². The lowest BCUT2D eigenvalue weighted by Crippen LogP contribution is -2.21. The molecule has 0 radical (unpaired) electrons. The molecule has 0 bridgehead atoms. The fourth-order valence-corrected chi connectivity index (χ4v) is 2.43. The average molecular weight is 248 g/mol. The van der Waals surface area contributed by atoms with Crippen LogP contribution in [0.3, 0.4) is 0 Å². The zero-order valence-corrected chi connectivity index (χ0v) is 11.5. The molecule has 1 N–H and O–H groups in total. The lowest BCUT2D eigenvalue weighted by molar-refractivity contribution is 0.260. The molecule has 1 aromatic rings. The molecule has 1 aliphatic heterocycles. The van der Waals surface area contributed by atoms with Crippen molar-refractivity contribution in [2.24, 2.45) is 5.92 Å². The Morgan fingerprint density at radius 2 is 2.17 bits per heavy atom. The van der Waals surface area contributed by atoms with Crippen molar-refractivity contribution in [1.82, 2.24) is 5.32 Å². The van der Waals surface area contributed by atoms with E-state index < -0.39 is 0 Å². The highest BCUT2D eigenvalue weighted by Crippen LogP contribution is 2.22. The fourth-order valence-electron chi connectivity index (χ4n) is 2.43. The van der Waals surface area contributed by atoms with Crippen molar-refractivity contribution in [1.29, 1.82) is 0 Å². The van der Waals surface area contributed by atoms with Gasteiger partial charge in [0.25, 0.3) is 0 Å². The van der Waals surface area contributed by atoms with Crippen LogP contribution in [0.5, 0.6) is 5.75 Å². The van der Waals surface area contributed by atoms with E-state index >= 15 is 0 Å². The smallest absolute Gasteiger partial charge is 0.121 e. The topological polar surface area (TPSA) is 24.5 Å². The van der Waals surface area contributed by atoms with Crippen LogP contribution in [0.1, 0.15) is 20.3 Å². The molecule has 2 rings (SSSR count). The Balaban J connectivity index is 1.93. The van der Waals surface area contributed by atoms with Crippen LogP contribution in [0.4, 0.5) is 5.69 Å². The number of hydrogen-bond donors (Lipinski definition) is 1. The number of nitrogens with one attached hydrogen (secondary N) is 1. The van der Waals surface area contributed by atoms with Crippen molar-refractivity contribution >= 4 is 5.69 Å². The molecule has 1 heterocycles. The molecule has 0 spiro atoms. The summed E-state index contributed by atoms with van der Waals surface area (Å²) in [6.45, 7) is 9.49. The summed E-state index contributed by atoms with van der Waals surface area (Å²) < 4.78 is 5.90. The average Bonchev–Trinajstić information content (AvgIpc) is 2.92. The van der Waals surface area contributed by atoms with E-state index in [0.717, 1.165) is 38.5 Å². The third-order valence-corrected chi connectivity index (χ3v) is 3.59. The Bertz CT molecular complexity index is 357. The minimum absolute atomic E-state index is 0.669. The summed E-state index contributed by atoms with van der Waals surface area (Å²) in [5, 5.41) is 3.37. The normalized spacial score (nSPS) is 18.9. The summed E-state index contributed by atoms with van der Waals surface area (Å²) in [5.74, 6) is 1.66. The van der Waals surface area contributed by atoms with Crippen LogP contribution in [0.15, 0.2) is 24.3 Å². The highest BCUT2D eigenvalue weighted by atomic mass is 16.5. The summed E-state index contributed by atoms with van der Waals surface area (Å²) in [6.07, 6.45) is 1.23. The van der Waals surface area contributed by atoms with Gasteiger partial charge in [-0.15, -0.1) is 0 Å². The van der Waals surface area contributed by atoms with E-state index in [9.17, 15) is 0 Å². The molecule has 0 saturated carbocycles. The molecule has 3 heteroatoms. The van der Waals surface area contributed by atoms with Crippen LogP contribution in [-0.4, -0.2) is 32.8 Å². The second kappa shape index (κ2) is 6.64. The van der Waals surface area contributed by atoms with Gasteiger partial charge in [0.05, 0.1) is 6.61 Å². The van der Waals surface area contributed by atoms with E-state index in [1.807, 2.05) is 0 Å². The molecule has 18 heavy (non-hydrogen) atoms. The minimum Gasteiger partial charge on any atom is -0.493 e. The second-order valence-corrected chi connectivity index (χ2v) is 4.84. The van der Waals surface area contributed by atoms with Gasteiger partial charge < -0.3 is 15.0 Å². The molecule has 0 aromatic heterocycles. The first-order valence-electron chi connectivity index (χ1n) is 7.02. The van der Waals surface area contributed by atoms with E-state index in [4.69, 9.17) is 4.74 Å². The molecular weight excluding hydrogens is 224 g/mol. The van der Waals surface area contributed by atoms with Crippen molar-refractivity contribution in [2.75, 3.05) is 37.7 Å². The monoisotopic (exact) mass is 248 g/mol. The van der Waals surface area contributed by atoms with Crippen LogP contribution in [0, 0.1) is 5.92 Å². The predicted molar refractivity (Wildman–Crippen MR) is 76.5 cm³/mol. The van der Waals surface area contributed by atoms with Crippen molar-refractivity contribution in [3.05, 3.63) is 24.3 Å². The Hall–Kier alpha value is -1.22. The number of ether oxygens (including phenoxy) is 1. The lowest BCUT2D eigenvalue weighted by Gasteiger charge is -2.21. The molecule has 1 atom stereocenters. The van der Waals surface area contributed by atoms with Gasteiger partial charge in [0, 0.05) is 37.3 Å². The molecule has 0 unspecified atom stereocenters. The molecule has 3 nitrogen and oxygen atoms in total. The van der Waals surface area contributed by atoms with Gasteiger partial charge in [-0.05, 0) is 38.9 Å². The number of nitrogens with zero attached hydrogens (tertiary/aromatic N) is 1. The quantitative estimate of drug-likeness (QED) is 0.837. The largest absolute Gasteiger partial charge is 0.493 e. The molecular formula is C15H24N2O. The van der Waals surface area contributed by atoms with E-state index in [-0.39, 0.29) is 0 Å². The van der Waals surface area contributed by atoms with Crippen LogP contribution in [-0.2, 0) is 0 Å². The maximum atomic E-state index is 5.90. The van der Waals surface area contributed by atoms with Crippen molar-refractivity contribution in [2.45, 2.75) is 20.3 Å². The van der Waals surface area contributed by atoms with Gasteiger partial charge in [-0.1, -0.05) is 6.07 Å². The fraction of sp³-hybridized carbons (Fsp3) is 0.600. The van der Waals surface area contributed by atoms with Gasteiger partial charge in [0.2, 0.25) is 0 Å². The highest BCUT2D eigenvalue weighted by molar-refractivity contribution is 5.50. The summed E-state index contributed by atoms with van der Waals surface area (Å²) in [5.41, 5.74) is 1.25.